The van der Waals surface area contributed by atoms with Crippen LogP contribution in [-0.2, 0) is 19.2 Å². The number of carbonyl (C=O) groups excluding carboxylic acids is 4. The van der Waals surface area contributed by atoms with Gasteiger partial charge >= 0.3 is 96.9 Å². The summed E-state index contributed by atoms with van der Waals surface area (Å²) in [4.78, 5) is 43.4. The fourth-order valence-corrected chi connectivity index (χ4v) is 2.11. The Morgan fingerprint density at radius 2 is 0.771 bits per heavy atom. The summed E-state index contributed by atoms with van der Waals surface area (Å²) in [6.45, 7) is -4.70. The Hall–Kier alpha value is 0.820. The van der Waals surface area contributed by atoms with Crippen molar-refractivity contribution >= 4 is 61.6 Å². The largest absolute Gasteiger partial charge is 2.00 e. The molecule has 0 aromatic heterocycles. The first-order chi connectivity index (χ1) is 14.7. The number of carboxylic acids is 4. The van der Waals surface area contributed by atoms with Crippen molar-refractivity contribution in [2.45, 2.75) is 24.4 Å². The monoisotopic (exact) mass is 556 g/mol. The second-order valence-corrected chi connectivity index (χ2v) is 6.39. The smallest absolute Gasteiger partial charge is 0.549 e. The molecule has 4 atom stereocenters. The molecule has 0 fully saturated rings. The zero-order valence-electron chi connectivity index (χ0n) is 19.5. The molecule has 19 heteroatoms. The number of aliphatic hydroxyl groups excluding tert-OH is 6. The van der Waals surface area contributed by atoms with Gasteiger partial charge in [-0.2, -0.15) is 0 Å². The maximum Gasteiger partial charge on any atom is 2.00 e. The van der Waals surface area contributed by atoms with Crippen molar-refractivity contribution in [1.29, 1.82) is 0 Å². The van der Waals surface area contributed by atoms with Gasteiger partial charge in [0.15, 0.2) is 0 Å². The zero-order chi connectivity index (χ0) is 25.4. The van der Waals surface area contributed by atoms with Crippen LogP contribution in [0.5, 0.6) is 0 Å². The maximum atomic E-state index is 10.4. The Kier molecular flexibility index (Phi) is 34.5. The number of nitrogens with zero attached hydrogens (tertiary/aromatic N) is 2. The summed E-state index contributed by atoms with van der Waals surface area (Å²) in [7, 11) is 0. The van der Waals surface area contributed by atoms with Crippen LogP contribution < -0.4 is 79.5 Å². The molecule has 0 saturated carbocycles. The topological polar surface area (TPSA) is 288 Å². The van der Waals surface area contributed by atoms with Crippen molar-refractivity contribution in [1.82, 2.24) is 9.80 Å². The van der Waals surface area contributed by atoms with E-state index < -0.39 is 87.7 Å². The molecule has 0 radical (unpaired) electrons. The van der Waals surface area contributed by atoms with E-state index in [0.717, 1.165) is 9.80 Å². The van der Waals surface area contributed by atoms with Crippen LogP contribution in [0.1, 0.15) is 0 Å². The molecular weight excluding hydrogens is 530 g/mol. The van der Waals surface area contributed by atoms with Crippen LogP contribution in [0, 0.1) is 0 Å². The third-order valence-electron chi connectivity index (χ3n) is 3.66. The molecule has 0 aromatic carbocycles. The molecule has 0 aromatic rings. The van der Waals surface area contributed by atoms with Crippen LogP contribution in [-0.4, -0.2) is 179 Å². The van der Waals surface area contributed by atoms with Crippen molar-refractivity contribution in [2.24, 2.45) is 0 Å². The van der Waals surface area contributed by atoms with Gasteiger partial charge in [0.05, 0.1) is 37.1 Å². The number of hydrogen-bond acceptors (Lipinski definition) is 16. The molecule has 0 saturated heterocycles. The molecule has 188 valence electrons. The fourth-order valence-electron chi connectivity index (χ4n) is 2.11. The fraction of sp³-hybridized carbons (Fsp3) is 0.750. The number of rotatable bonds is 16. The summed E-state index contributed by atoms with van der Waals surface area (Å²) in [5.41, 5.74) is 0. The Labute approximate surface area is 274 Å². The van der Waals surface area contributed by atoms with Crippen molar-refractivity contribution < 1.29 is 129 Å². The summed E-state index contributed by atoms with van der Waals surface area (Å²) in [5.74, 6) is -6.12. The summed E-state index contributed by atoms with van der Waals surface area (Å²) >= 11 is 0. The third-order valence-corrected chi connectivity index (χ3v) is 3.66. The van der Waals surface area contributed by atoms with Gasteiger partial charge in [0.1, 0.15) is 24.4 Å². The molecule has 4 unspecified atom stereocenters. The summed E-state index contributed by atoms with van der Waals surface area (Å²) in [6, 6.07) is 0. The van der Waals surface area contributed by atoms with Gasteiger partial charge in [-0.05, 0) is 0 Å². The van der Waals surface area contributed by atoms with E-state index in [1.165, 1.54) is 0 Å². The zero-order valence-corrected chi connectivity index (χ0v) is 25.7. The molecule has 35 heavy (non-hydrogen) atoms. The van der Waals surface area contributed by atoms with E-state index in [2.05, 4.69) is 0 Å². The number of carbonyl (C=O) groups is 4. The summed E-state index contributed by atoms with van der Waals surface area (Å²) in [6.07, 6.45) is -6.39. The van der Waals surface area contributed by atoms with Crippen molar-refractivity contribution in [3.63, 3.8) is 0 Å². The van der Waals surface area contributed by atoms with E-state index in [1.807, 2.05) is 0 Å². The van der Waals surface area contributed by atoms with Crippen LogP contribution >= 0.6 is 0 Å². The van der Waals surface area contributed by atoms with E-state index >= 15 is 0 Å². The van der Waals surface area contributed by atoms with Gasteiger partial charge in [-0.15, -0.1) is 0 Å². The molecule has 0 heterocycles. The van der Waals surface area contributed by atoms with E-state index in [4.69, 9.17) is 30.6 Å². The minimum absolute atomic E-state index is 0. The molecule has 0 bridgehead atoms. The minimum atomic E-state index is -1.67. The standard InChI is InChI=1S/C10H16N2O8.C6H14O6.Ca.2Na/c13-7(14)3-11(4-8(15)16)1-2-12(5-9(17)18)6-10(19)20;7-1-3(9)5(11)6(12)4(10)2-8;;;/h1-6H2,(H,13,14)(H,15,16)(H,17,18)(H,19,20);3-12H,1-2H2;;;/q;;+2;2*+1/p-4. The molecule has 0 amide bonds. The van der Waals surface area contributed by atoms with E-state index in [1.54, 1.807) is 0 Å². The molecular formula is C16H26CaN2Na2O14. The molecule has 0 aliphatic heterocycles. The van der Waals surface area contributed by atoms with Crippen molar-refractivity contribution in [3.8, 4) is 0 Å². The third kappa shape index (κ3) is 26.2. The molecule has 0 aliphatic carbocycles. The van der Waals surface area contributed by atoms with Gasteiger partial charge in [-0.25, -0.2) is 0 Å². The second kappa shape index (κ2) is 26.4. The van der Waals surface area contributed by atoms with E-state index in [9.17, 15) is 39.6 Å². The maximum absolute atomic E-state index is 10.4. The van der Waals surface area contributed by atoms with Crippen molar-refractivity contribution in [3.05, 3.63) is 0 Å². The molecule has 0 spiro atoms. The second-order valence-electron chi connectivity index (χ2n) is 6.39. The Balaban J connectivity index is -0.000000174. The van der Waals surface area contributed by atoms with Gasteiger partial charge in [-0.3, -0.25) is 9.80 Å². The minimum Gasteiger partial charge on any atom is -0.549 e. The summed E-state index contributed by atoms with van der Waals surface area (Å²) in [5, 5.41) is 93.8. The van der Waals surface area contributed by atoms with Crippen LogP contribution in [0.25, 0.3) is 0 Å². The quantitative estimate of drug-likeness (QED) is 0.0962. The number of carboxylic acid groups (broad SMARTS) is 4. The van der Waals surface area contributed by atoms with Crippen LogP contribution in [0.4, 0.5) is 0 Å². The number of aliphatic carboxylic acids is 4. The molecule has 6 N–H and O–H groups in total. The van der Waals surface area contributed by atoms with Crippen LogP contribution in [0.2, 0.25) is 0 Å². The SMILES string of the molecule is O=C([O-])CN(CCN(CC(=O)[O-])CC(=O)[O-])CC(=O)[O-].OCC(O)C(O)C(O)C(O)CO.[Ca+2].[Na+].[Na+]. The summed E-state index contributed by atoms with van der Waals surface area (Å²) < 4.78 is 0. The molecule has 0 aliphatic rings. The average Bonchev–Trinajstić information content (AvgIpc) is 2.68. The van der Waals surface area contributed by atoms with Gasteiger partial charge in [0, 0.05) is 39.3 Å². The Bertz CT molecular complexity index is 525. The van der Waals surface area contributed by atoms with Gasteiger partial charge in [-0.1, -0.05) is 0 Å². The number of hydrogen-bond donors (Lipinski definition) is 6. The van der Waals surface area contributed by atoms with Gasteiger partial charge in [0.25, 0.3) is 0 Å². The average molecular weight is 556 g/mol. The Morgan fingerprint density at radius 1 is 0.571 bits per heavy atom. The first kappa shape index (κ1) is 45.7. The predicted octanol–water partition coefficient (Wildman–Crippen LogP) is -17.4. The number of aliphatic hydroxyl groups is 6. The first-order valence-corrected chi connectivity index (χ1v) is 8.93. The molecule has 16 nitrogen and oxygen atoms in total. The van der Waals surface area contributed by atoms with E-state index in [0.29, 0.717) is 0 Å². The Morgan fingerprint density at radius 3 is 0.914 bits per heavy atom. The van der Waals surface area contributed by atoms with Crippen molar-refractivity contribution in [2.75, 3.05) is 52.5 Å². The normalized spacial score (nSPS) is 13.5. The van der Waals surface area contributed by atoms with Gasteiger partial charge < -0.3 is 70.2 Å². The van der Waals surface area contributed by atoms with Crippen LogP contribution in [0.3, 0.4) is 0 Å². The molecule has 0 rings (SSSR count). The first-order valence-electron chi connectivity index (χ1n) is 8.93. The van der Waals surface area contributed by atoms with E-state index in [-0.39, 0.29) is 110 Å². The van der Waals surface area contributed by atoms with Gasteiger partial charge in [0.2, 0.25) is 0 Å². The van der Waals surface area contributed by atoms with Crippen LogP contribution in [0.15, 0.2) is 0 Å². The predicted molar refractivity (Wildman–Crippen MR) is 96.9 cm³/mol.